The van der Waals surface area contributed by atoms with Crippen LogP contribution in [0.5, 0.6) is 11.5 Å². The molecule has 12 heteroatoms. The summed E-state index contributed by atoms with van der Waals surface area (Å²) in [4.78, 5) is 31.0. The predicted molar refractivity (Wildman–Crippen MR) is 141 cm³/mol. The van der Waals surface area contributed by atoms with Crippen LogP contribution in [0.2, 0.25) is 0 Å². The lowest BCUT2D eigenvalue weighted by molar-refractivity contribution is -0.171. The summed E-state index contributed by atoms with van der Waals surface area (Å²) >= 11 is 0. The van der Waals surface area contributed by atoms with Crippen LogP contribution in [0.4, 0.5) is 34.8 Å². The van der Waals surface area contributed by atoms with Crippen molar-refractivity contribution < 1.29 is 41.7 Å². The molecule has 0 saturated carbocycles. The van der Waals surface area contributed by atoms with E-state index in [1.165, 1.54) is 37.3 Å². The number of carbonyl (C=O) groups is 2. The summed E-state index contributed by atoms with van der Waals surface area (Å²) in [6.07, 6.45) is -3.43. The minimum atomic E-state index is -5.19. The smallest absolute Gasteiger partial charge is 0.471 e. The van der Waals surface area contributed by atoms with Crippen LogP contribution in [-0.2, 0) is 9.59 Å². The second-order valence-corrected chi connectivity index (χ2v) is 9.95. The second-order valence-electron chi connectivity index (χ2n) is 9.95. The zero-order valence-electron chi connectivity index (χ0n) is 22.2. The summed E-state index contributed by atoms with van der Waals surface area (Å²) in [7, 11) is 0. The van der Waals surface area contributed by atoms with Crippen molar-refractivity contribution in [2.75, 3.05) is 29.6 Å². The lowest BCUT2D eigenvalue weighted by Gasteiger charge is -2.30. The third kappa shape index (κ3) is 5.25. The first-order valence-corrected chi connectivity index (χ1v) is 13.1. The van der Waals surface area contributed by atoms with E-state index in [4.69, 9.17) is 9.47 Å². The van der Waals surface area contributed by atoms with E-state index in [1.54, 1.807) is 23.1 Å². The molecule has 2 aliphatic rings. The molecular weight excluding hydrogens is 546 g/mol. The molecule has 1 aromatic heterocycles. The van der Waals surface area contributed by atoms with Crippen LogP contribution in [0.1, 0.15) is 43.4 Å². The summed E-state index contributed by atoms with van der Waals surface area (Å²) in [6.45, 7) is 3.74. The maximum absolute atomic E-state index is 13.9. The molecule has 3 atom stereocenters. The average molecular weight is 574 g/mol. The molecule has 2 aliphatic heterocycles. The Bertz CT molecular complexity index is 1460. The molecule has 41 heavy (non-hydrogen) atoms. The first-order chi connectivity index (χ1) is 19.5. The number of carbonyl (C=O) groups excluding carboxylic acids is 1. The highest BCUT2D eigenvalue weighted by atomic mass is 19.4. The molecule has 0 saturated heterocycles. The Labute approximate surface area is 233 Å². The van der Waals surface area contributed by atoms with Gasteiger partial charge in [0.2, 0.25) is 0 Å². The lowest BCUT2D eigenvalue weighted by Crippen LogP contribution is -2.44. The van der Waals surface area contributed by atoms with Crippen LogP contribution >= 0.6 is 0 Å². The van der Waals surface area contributed by atoms with Crippen molar-refractivity contribution in [1.82, 2.24) is 4.98 Å². The van der Waals surface area contributed by atoms with Crippen molar-refractivity contribution in [1.29, 1.82) is 0 Å². The Morgan fingerprint density at radius 1 is 1.10 bits per heavy atom. The number of aliphatic carboxylic acids is 1. The highest BCUT2D eigenvalue weighted by Crippen LogP contribution is 2.48. The Kier molecular flexibility index (Phi) is 7.50. The number of hydrogen-bond donors (Lipinski definition) is 1. The maximum Gasteiger partial charge on any atom is 0.471 e. The summed E-state index contributed by atoms with van der Waals surface area (Å²) in [5.74, 6) is -3.91. The number of alkyl halides is 3. The number of carboxylic acid groups (broad SMARTS) is 1. The van der Waals surface area contributed by atoms with Crippen LogP contribution < -0.4 is 19.3 Å². The second kappa shape index (κ2) is 10.9. The number of fused-ring (bicyclic) bond motifs is 2. The largest absolute Gasteiger partial charge is 0.493 e. The summed E-state index contributed by atoms with van der Waals surface area (Å²) in [5.41, 5.74) is 1.37. The summed E-state index contributed by atoms with van der Waals surface area (Å²) in [6, 6.07) is 10.8. The van der Waals surface area contributed by atoms with Crippen molar-refractivity contribution in [2.45, 2.75) is 38.4 Å². The number of benzene rings is 2. The van der Waals surface area contributed by atoms with Gasteiger partial charge in [0, 0.05) is 35.3 Å². The zero-order chi connectivity index (χ0) is 29.5. The van der Waals surface area contributed by atoms with Gasteiger partial charge in [-0.3, -0.25) is 14.5 Å². The highest BCUT2D eigenvalue weighted by Gasteiger charge is 2.48. The Morgan fingerprint density at radius 3 is 2.54 bits per heavy atom. The van der Waals surface area contributed by atoms with Gasteiger partial charge in [-0.15, -0.1) is 0 Å². The van der Waals surface area contributed by atoms with E-state index in [0.717, 1.165) is 6.20 Å². The van der Waals surface area contributed by atoms with Gasteiger partial charge >= 0.3 is 18.1 Å². The van der Waals surface area contributed by atoms with E-state index in [2.05, 4.69) is 4.98 Å². The number of hydrogen-bond acceptors (Lipinski definition) is 6. The molecule has 3 aromatic rings. The van der Waals surface area contributed by atoms with Crippen LogP contribution in [0.3, 0.4) is 0 Å². The Hall–Kier alpha value is -4.35. The number of pyridine rings is 1. The van der Waals surface area contributed by atoms with E-state index >= 15 is 0 Å². The third-order valence-corrected chi connectivity index (χ3v) is 7.35. The van der Waals surface area contributed by atoms with Crippen LogP contribution in [0.25, 0.3) is 0 Å². The normalized spacial score (nSPS) is 18.1. The third-order valence-electron chi connectivity index (χ3n) is 7.35. The summed E-state index contributed by atoms with van der Waals surface area (Å²) in [5, 5.41) is 9.42. The number of amides is 1. The van der Waals surface area contributed by atoms with E-state index in [9.17, 15) is 32.3 Å². The van der Waals surface area contributed by atoms with E-state index in [-0.39, 0.29) is 24.7 Å². The van der Waals surface area contributed by atoms with Crippen molar-refractivity contribution in [3.8, 4) is 11.5 Å². The van der Waals surface area contributed by atoms with Crippen molar-refractivity contribution in [2.24, 2.45) is 5.92 Å². The van der Waals surface area contributed by atoms with Gasteiger partial charge in [0.25, 0.3) is 0 Å². The first-order valence-electron chi connectivity index (χ1n) is 13.1. The van der Waals surface area contributed by atoms with E-state index in [0.29, 0.717) is 46.2 Å². The monoisotopic (exact) mass is 573 g/mol. The van der Waals surface area contributed by atoms with Gasteiger partial charge in [-0.2, -0.15) is 13.2 Å². The number of para-hydroxylation sites is 1. The number of ether oxygens (including phenoxy) is 2. The molecule has 3 heterocycles. The topological polar surface area (TPSA) is 92.2 Å². The lowest BCUT2D eigenvalue weighted by atomic mass is 9.89. The molecule has 0 bridgehead atoms. The molecule has 0 aliphatic carbocycles. The minimum Gasteiger partial charge on any atom is -0.493 e. The fraction of sp³-hybridized carbons (Fsp3) is 0.345. The maximum atomic E-state index is 13.9. The van der Waals surface area contributed by atoms with Gasteiger partial charge in [-0.05, 0) is 30.7 Å². The molecule has 2 aromatic carbocycles. The van der Waals surface area contributed by atoms with Crippen molar-refractivity contribution in [3.63, 3.8) is 0 Å². The molecule has 1 amide bonds. The zero-order valence-corrected chi connectivity index (χ0v) is 22.2. The number of halogens is 4. The molecule has 1 unspecified atom stereocenters. The minimum absolute atomic E-state index is 0.0584. The number of rotatable bonds is 8. The predicted octanol–water partition coefficient (Wildman–Crippen LogP) is 5.99. The summed E-state index contributed by atoms with van der Waals surface area (Å²) < 4.78 is 66.9. The van der Waals surface area contributed by atoms with E-state index in [1.807, 2.05) is 6.92 Å². The van der Waals surface area contributed by atoms with Crippen LogP contribution in [0, 0.1) is 11.7 Å². The van der Waals surface area contributed by atoms with Gasteiger partial charge in [0.05, 0.1) is 30.5 Å². The fourth-order valence-electron chi connectivity index (χ4n) is 5.28. The van der Waals surface area contributed by atoms with Gasteiger partial charge in [0.1, 0.15) is 29.7 Å². The quantitative estimate of drug-likeness (QED) is 0.331. The fourth-order valence-corrected chi connectivity index (χ4v) is 5.28. The van der Waals surface area contributed by atoms with Gasteiger partial charge < -0.3 is 19.5 Å². The number of anilines is 3. The Morgan fingerprint density at radius 2 is 1.88 bits per heavy atom. The van der Waals surface area contributed by atoms with Crippen molar-refractivity contribution in [3.05, 3.63) is 71.7 Å². The number of aromatic nitrogens is 1. The van der Waals surface area contributed by atoms with Crippen molar-refractivity contribution >= 4 is 29.1 Å². The molecule has 5 rings (SSSR count). The molecule has 0 spiro atoms. The van der Waals surface area contributed by atoms with Crippen LogP contribution in [-0.4, -0.2) is 47.9 Å². The molecule has 0 fully saturated rings. The van der Waals surface area contributed by atoms with Gasteiger partial charge in [0.15, 0.2) is 0 Å². The average Bonchev–Trinajstić information content (AvgIpc) is 3.56. The molecule has 0 radical (unpaired) electrons. The van der Waals surface area contributed by atoms with Gasteiger partial charge in [-0.25, -0.2) is 9.37 Å². The Balaban J connectivity index is 1.56. The molecular formula is C29H27F4N3O5. The first kappa shape index (κ1) is 28.2. The molecule has 8 nitrogen and oxygen atoms in total. The molecule has 216 valence electrons. The highest BCUT2D eigenvalue weighted by molar-refractivity contribution is 5.98. The number of carboxylic acids is 1. The van der Waals surface area contributed by atoms with E-state index < -0.39 is 41.7 Å². The standard InChI is InChI=1S/C29H27F4N3O5/c1-3-11-35(25-10-7-17(30)13-34-25)22-6-4-5-20-23(15-41-26(20)22)36(28(39)29(31,32)33)18-8-9-19-21(16(2)27(37)38)14-40-24(19)12-18/h4-10,12-13,16,21,23H,3,11,14-15H2,1-2H3,(H,37,38)/t16?,21-,23+/m0/s1. The molecule has 1 N–H and O–H groups in total. The van der Waals surface area contributed by atoms with Gasteiger partial charge in [-0.1, -0.05) is 32.0 Å². The number of nitrogens with zero attached hydrogens (tertiary/aromatic N) is 3. The SMILES string of the molecule is CCCN(c1ccc(F)cn1)c1cccc2c1OC[C@H]2N(C(=O)C(F)(F)F)c1ccc2c(c1)OC[C@H]2C(C)C(=O)O. The van der Waals surface area contributed by atoms with Crippen LogP contribution in [0.15, 0.2) is 54.7 Å².